The second-order valence-electron chi connectivity index (χ2n) is 9.62. The molecule has 0 saturated carbocycles. The van der Waals surface area contributed by atoms with E-state index in [1.165, 1.54) is 26.0 Å². The minimum atomic E-state index is -1.54. The molecule has 2 aromatic rings. The lowest BCUT2D eigenvalue weighted by atomic mass is 9.85. The number of halogens is 4. The molecule has 0 bridgehead atoms. The Balaban J connectivity index is 2.52. The van der Waals surface area contributed by atoms with E-state index < -0.39 is 64.0 Å². The monoisotopic (exact) mass is 529 g/mol. The van der Waals surface area contributed by atoms with E-state index in [0.717, 1.165) is 26.4 Å². The summed E-state index contributed by atoms with van der Waals surface area (Å²) in [4.78, 5) is 24.1. The highest BCUT2D eigenvalue weighted by Gasteiger charge is 2.35. The SMILES string of the molecule is COc1c(C(c2ccc(F)c(F)c2OC)[C@H](C)OC[C@@](C)(C=O)NC(=O)OC(C)(C)C)ccc(F)c1F. The van der Waals surface area contributed by atoms with Crippen LogP contribution >= 0.6 is 0 Å². The van der Waals surface area contributed by atoms with E-state index in [1.54, 1.807) is 20.8 Å². The molecule has 0 aliphatic carbocycles. The van der Waals surface area contributed by atoms with Gasteiger partial charge in [-0.25, -0.2) is 13.6 Å². The van der Waals surface area contributed by atoms with E-state index in [9.17, 15) is 27.2 Å². The molecule has 0 saturated heterocycles. The number of carbonyl (C=O) groups excluding carboxylic acids is 2. The van der Waals surface area contributed by atoms with E-state index in [0.29, 0.717) is 6.29 Å². The molecule has 1 amide bonds. The van der Waals surface area contributed by atoms with Crippen LogP contribution in [0.2, 0.25) is 0 Å². The quantitative estimate of drug-likeness (QED) is 0.333. The molecule has 0 spiro atoms. The Morgan fingerprint density at radius 1 is 0.919 bits per heavy atom. The summed E-state index contributed by atoms with van der Waals surface area (Å²) in [6, 6.07) is 4.17. The predicted molar refractivity (Wildman–Crippen MR) is 127 cm³/mol. The van der Waals surface area contributed by atoms with Crippen molar-refractivity contribution in [3.8, 4) is 11.5 Å². The number of ether oxygens (including phenoxy) is 4. The normalized spacial score (nSPS) is 14.1. The summed E-state index contributed by atoms with van der Waals surface area (Å²) in [6.07, 6.45) is -1.40. The molecule has 11 heteroatoms. The highest BCUT2D eigenvalue weighted by Crippen LogP contribution is 2.42. The Labute approximate surface area is 213 Å². The summed E-state index contributed by atoms with van der Waals surface area (Å²) in [5, 5.41) is 2.43. The van der Waals surface area contributed by atoms with Crippen LogP contribution in [0, 0.1) is 23.3 Å². The van der Waals surface area contributed by atoms with Crippen LogP contribution in [0.15, 0.2) is 24.3 Å². The smallest absolute Gasteiger partial charge is 0.408 e. The van der Waals surface area contributed by atoms with E-state index in [4.69, 9.17) is 18.9 Å². The van der Waals surface area contributed by atoms with E-state index >= 15 is 0 Å². The van der Waals surface area contributed by atoms with Crippen LogP contribution in [0.1, 0.15) is 51.7 Å². The number of alkyl carbamates (subject to hydrolysis) is 1. The van der Waals surface area contributed by atoms with Gasteiger partial charge >= 0.3 is 6.09 Å². The maximum Gasteiger partial charge on any atom is 0.408 e. The molecule has 7 nitrogen and oxygen atoms in total. The van der Waals surface area contributed by atoms with Gasteiger partial charge in [-0.3, -0.25) is 0 Å². The zero-order valence-electron chi connectivity index (χ0n) is 21.7. The predicted octanol–water partition coefficient (Wildman–Crippen LogP) is 5.28. The second kappa shape index (κ2) is 11.8. The van der Waals surface area contributed by atoms with Crippen LogP contribution in [0.5, 0.6) is 11.5 Å². The van der Waals surface area contributed by atoms with Gasteiger partial charge in [0, 0.05) is 17.0 Å². The van der Waals surface area contributed by atoms with Gasteiger partial charge in [-0.2, -0.15) is 8.78 Å². The topological polar surface area (TPSA) is 83.1 Å². The van der Waals surface area contributed by atoms with Gasteiger partial charge in [-0.15, -0.1) is 0 Å². The molecule has 0 unspecified atom stereocenters. The standard InChI is InChI=1S/C26H31F4NO6/c1-14(36-13-26(5,12-32)31-24(33)37-25(2,3)4)19(15-8-10-17(27)20(29)22(15)34-6)16-9-11-18(28)21(30)23(16)35-7/h8-12,14,19H,13H2,1-7H3,(H,31,33)/t14-,26+/m0/s1. The van der Waals surface area contributed by atoms with Crippen molar-refractivity contribution in [2.45, 2.75) is 57.8 Å². The maximum atomic E-state index is 14.6. The van der Waals surface area contributed by atoms with Crippen molar-refractivity contribution >= 4 is 12.4 Å². The Morgan fingerprint density at radius 3 is 1.76 bits per heavy atom. The van der Waals surface area contributed by atoms with E-state index in [-0.39, 0.29) is 17.7 Å². The third-order valence-electron chi connectivity index (χ3n) is 5.40. The van der Waals surface area contributed by atoms with Crippen molar-refractivity contribution in [1.82, 2.24) is 5.32 Å². The Bertz CT molecular complexity index is 1080. The molecule has 2 rings (SSSR count). The molecule has 0 aromatic heterocycles. The third-order valence-corrected chi connectivity index (χ3v) is 5.40. The molecule has 2 aromatic carbocycles. The van der Waals surface area contributed by atoms with Crippen molar-refractivity contribution in [1.29, 1.82) is 0 Å². The van der Waals surface area contributed by atoms with Crippen molar-refractivity contribution in [3.63, 3.8) is 0 Å². The molecule has 204 valence electrons. The van der Waals surface area contributed by atoms with Gasteiger partial charge in [0.2, 0.25) is 11.6 Å². The fourth-order valence-corrected chi connectivity index (χ4v) is 3.71. The van der Waals surface area contributed by atoms with Gasteiger partial charge in [-0.1, -0.05) is 12.1 Å². The number of hydrogen-bond donors (Lipinski definition) is 1. The summed E-state index contributed by atoms with van der Waals surface area (Å²) >= 11 is 0. The Hall–Kier alpha value is -3.34. The first-order valence-electron chi connectivity index (χ1n) is 11.3. The zero-order chi connectivity index (χ0) is 28.1. The summed E-state index contributed by atoms with van der Waals surface area (Å²) in [6.45, 7) is 7.48. The van der Waals surface area contributed by atoms with Crippen molar-refractivity contribution in [2.24, 2.45) is 0 Å². The molecule has 0 aliphatic rings. The zero-order valence-corrected chi connectivity index (χ0v) is 21.7. The molecule has 1 N–H and O–H groups in total. The minimum absolute atomic E-state index is 0.0473. The molecular weight excluding hydrogens is 498 g/mol. The highest BCUT2D eigenvalue weighted by molar-refractivity contribution is 5.76. The summed E-state index contributed by atoms with van der Waals surface area (Å²) in [5.74, 6) is -6.98. The molecular formula is C26H31F4NO6. The number of aldehydes is 1. The number of hydrogen-bond acceptors (Lipinski definition) is 6. The first kappa shape index (κ1) is 29.9. The molecule has 0 aliphatic heterocycles. The number of methoxy groups -OCH3 is 2. The van der Waals surface area contributed by atoms with E-state index in [1.807, 2.05) is 0 Å². The number of rotatable bonds is 10. The molecule has 37 heavy (non-hydrogen) atoms. The number of nitrogens with one attached hydrogen (secondary N) is 1. The molecule has 0 radical (unpaired) electrons. The van der Waals surface area contributed by atoms with Crippen molar-refractivity contribution in [3.05, 3.63) is 58.7 Å². The number of amides is 1. The number of carbonyl (C=O) groups is 2. The van der Waals surface area contributed by atoms with Gasteiger partial charge in [-0.05, 0) is 46.8 Å². The third kappa shape index (κ3) is 7.12. The van der Waals surface area contributed by atoms with Crippen LogP contribution in [0.25, 0.3) is 0 Å². The summed E-state index contributed by atoms with van der Waals surface area (Å²) < 4.78 is 78.4. The van der Waals surface area contributed by atoms with Crippen LogP contribution < -0.4 is 14.8 Å². The highest BCUT2D eigenvalue weighted by atomic mass is 19.2. The second-order valence-corrected chi connectivity index (χ2v) is 9.62. The Morgan fingerprint density at radius 2 is 1.38 bits per heavy atom. The molecule has 2 atom stereocenters. The van der Waals surface area contributed by atoms with Gasteiger partial charge in [0.1, 0.15) is 17.4 Å². The fourth-order valence-electron chi connectivity index (χ4n) is 3.71. The summed E-state index contributed by atoms with van der Waals surface area (Å²) in [5.41, 5.74) is -2.27. The van der Waals surface area contributed by atoms with Crippen molar-refractivity contribution < 1.29 is 46.1 Å². The number of benzene rings is 2. The average Bonchev–Trinajstić information content (AvgIpc) is 2.81. The van der Waals surface area contributed by atoms with Crippen LogP contribution in [-0.4, -0.2) is 50.4 Å². The molecule has 0 heterocycles. The lowest BCUT2D eigenvalue weighted by molar-refractivity contribution is -0.116. The first-order chi connectivity index (χ1) is 17.2. The first-order valence-corrected chi connectivity index (χ1v) is 11.3. The fraction of sp³-hybridized carbons (Fsp3) is 0.462. The Kier molecular flexibility index (Phi) is 9.54. The average molecular weight is 530 g/mol. The minimum Gasteiger partial charge on any atom is -0.493 e. The van der Waals surface area contributed by atoms with Crippen LogP contribution in [0.3, 0.4) is 0 Å². The summed E-state index contributed by atoms with van der Waals surface area (Å²) in [7, 11) is 2.25. The van der Waals surface area contributed by atoms with Gasteiger partial charge in [0.05, 0.1) is 26.9 Å². The maximum absolute atomic E-state index is 14.6. The lowest BCUT2D eigenvalue weighted by Gasteiger charge is -2.32. The van der Waals surface area contributed by atoms with Gasteiger partial charge in [0.15, 0.2) is 23.1 Å². The van der Waals surface area contributed by atoms with Gasteiger partial charge in [0.25, 0.3) is 0 Å². The van der Waals surface area contributed by atoms with Crippen LogP contribution in [-0.2, 0) is 14.3 Å². The van der Waals surface area contributed by atoms with Gasteiger partial charge < -0.3 is 29.1 Å². The molecule has 0 fully saturated rings. The largest absolute Gasteiger partial charge is 0.493 e. The van der Waals surface area contributed by atoms with E-state index in [2.05, 4.69) is 5.32 Å². The van der Waals surface area contributed by atoms with Crippen LogP contribution in [0.4, 0.5) is 22.4 Å². The van der Waals surface area contributed by atoms with Crippen molar-refractivity contribution in [2.75, 3.05) is 20.8 Å². The lowest BCUT2D eigenvalue weighted by Crippen LogP contribution is -2.52.